The van der Waals surface area contributed by atoms with Crippen LogP contribution in [0.1, 0.15) is 22.3 Å². The number of nitrogens with zero attached hydrogens (tertiary/aromatic N) is 1. The lowest BCUT2D eigenvalue weighted by Gasteiger charge is -2.23. The molecule has 25 heavy (non-hydrogen) atoms. The van der Waals surface area contributed by atoms with Crippen molar-refractivity contribution in [1.29, 1.82) is 0 Å². The van der Waals surface area contributed by atoms with Gasteiger partial charge in [0, 0.05) is 18.7 Å². The van der Waals surface area contributed by atoms with Gasteiger partial charge in [0.2, 0.25) is 0 Å². The molecule has 0 N–H and O–H groups in total. The quantitative estimate of drug-likeness (QED) is 0.679. The molecule has 1 aliphatic heterocycles. The number of carbonyl (C=O) groups excluding carboxylic acids is 1. The maximum Gasteiger partial charge on any atom is 0.255 e. The molecule has 3 aromatic carbocycles. The monoisotopic (exact) mass is 325 g/mol. The molecular formula is C23H19NO. The molecule has 1 amide bonds. The summed E-state index contributed by atoms with van der Waals surface area (Å²) in [6.45, 7) is 1.23. The first-order valence-electron chi connectivity index (χ1n) is 8.49. The van der Waals surface area contributed by atoms with Crippen molar-refractivity contribution in [2.24, 2.45) is 0 Å². The van der Waals surface area contributed by atoms with Crippen LogP contribution in [0.4, 0.5) is 0 Å². The van der Waals surface area contributed by atoms with Crippen LogP contribution in [0.3, 0.4) is 0 Å². The maximum absolute atomic E-state index is 13.3. The maximum atomic E-state index is 13.3. The first kappa shape index (κ1) is 15.4. The molecule has 0 radical (unpaired) electrons. The highest BCUT2D eigenvalue weighted by Gasteiger charge is 2.24. The summed E-state index contributed by atoms with van der Waals surface area (Å²) in [4.78, 5) is 15.2. The van der Waals surface area contributed by atoms with E-state index in [2.05, 4.69) is 24.3 Å². The molecule has 1 heterocycles. The zero-order valence-electron chi connectivity index (χ0n) is 13.9. The Hall–Kier alpha value is -3.13. The molecule has 2 heteroatoms. The zero-order chi connectivity index (χ0) is 17.1. The standard InChI is InChI=1S/C23H19NO/c25-23-22(19-11-5-2-6-12-19)15-20-13-7-8-14-21(20)17-24(23)16-18-9-3-1-4-10-18/h1-15H,16-17H2. The molecule has 1 aliphatic rings. The molecule has 0 fully saturated rings. The van der Waals surface area contributed by atoms with Gasteiger partial charge in [0.1, 0.15) is 0 Å². The van der Waals surface area contributed by atoms with Crippen LogP contribution in [0, 0.1) is 0 Å². The molecule has 0 saturated heterocycles. The second-order valence-electron chi connectivity index (χ2n) is 6.27. The van der Waals surface area contributed by atoms with Gasteiger partial charge in [-0.15, -0.1) is 0 Å². The van der Waals surface area contributed by atoms with Crippen molar-refractivity contribution >= 4 is 17.6 Å². The highest BCUT2D eigenvalue weighted by Crippen LogP contribution is 2.28. The molecule has 0 spiro atoms. The summed E-state index contributed by atoms with van der Waals surface area (Å²) < 4.78 is 0. The first-order valence-corrected chi connectivity index (χ1v) is 8.49. The molecule has 4 rings (SSSR count). The fraction of sp³-hybridized carbons (Fsp3) is 0.0870. The van der Waals surface area contributed by atoms with Crippen molar-refractivity contribution in [3.63, 3.8) is 0 Å². The molecule has 122 valence electrons. The lowest BCUT2D eigenvalue weighted by molar-refractivity contribution is -0.126. The van der Waals surface area contributed by atoms with E-state index in [-0.39, 0.29) is 5.91 Å². The lowest BCUT2D eigenvalue weighted by atomic mass is 10.0. The summed E-state index contributed by atoms with van der Waals surface area (Å²) in [6.07, 6.45) is 2.03. The van der Waals surface area contributed by atoms with Crippen molar-refractivity contribution in [2.45, 2.75) is 13.1 Å². The predicted octanol–water partition coefficient (Wildman–Crippen LogP) is 4.77. The Morgan fingerprint density at radius 1 is 0.760 bits per heavy atom. The Morgan fingerprint density at radius 2 is 1.40 bits per heavy atom. The van der Waals surface area contributed by atoms with E-state index in [0.29, 0.717) is 13.1 Å². The Balaban J connectivity index is 1.77. The van der Waals surface area contributed by atoms with Gasteiger partial charge in [-0.1, -0.05) is 84.9 Å². The Labute approximate surface area is 148 Å². The van der Waals surface area contributed by atoms with Crippen LogP contribution in [0.25, 0.3) is 11.6 Å². The second kappa shape index (κ2) is 6.78. The van der Waals surface area contributed by atoms with Gasteiger partial charge >= 0.3 is 0 Å². The molecule has 2 nitrogen and oxygen atoms in total. The highest BCUT2D eigenvalue weighted by atomic mass is 16.2. The minimum absolute atomic E-state index is 0.0752. The van der Waals surface area contributed by atoms with Crippen LogP contribution in [0.2, 0.25) is 0 Å². The third kappa shape index (κ3) is 3.24. The molecule has 0 aromatic heterocycles. The molecule has 0 atom stereocenters. The predicted molar refractivity (Wildman–Crippen MR) is 101 cm³/mol. The van der Waals surface area contributed by atoms with E-state index >= 15 is 0 Å². The molecule has 3 aromatic rings. The number of rotatable bonds is 3. The Bertz CT molecular complexity index is 913. The number of carbonyl (C=O) groups is 1. The smallest absolute Gasteiger partial charge is 0.255 e. The molecule has 0 unspecified atom stereocenters. The fourth-order valence-electron chi connectivity index (χ4n) is 3.24. The number of benzene rings is 3. The molecular weight excluding hydrogens is 306 g/mol. The summed E-state index contributed by atoms with van der Waals surface area (Å²) in [7, 11) is 0. The summed E-state index contributed by atoms with van der Waals surface area (Å²) >= 11 is 0. The van der Waals surface area contributed by atoms with Crippen LogP contribution in [-0.2, 0) is 17.9 Å². The minimum atomic E-state index is 0.0752. The van der Waals surface area contributed by atoms with Gasteiger partial charge < -0.3 is 4.90 Å². The molecule has 0 aliphatic carbocycles. The Kier molecular flexibility index (Phi) is 4.17. The topological polar surface area (TPSA) is 20.3 Å². The SMILES string of the molecule is O=C1C(c2ccccc2)=Cc2ccccc2CN1Cc1ccccc1. The Morgan fingerprint density at radius 3 is 2.16 bits per heavy atom. The van der Waals surface area contributed by atoms with Crippen molar-refractivity contribution in [3.05, 3.63) is 107 Å². The van der Waals surface area contributed by atoms with Crippen LogP contribution in [-0.4, -0.2) is 10.8 Å². The fourth-order valence-corrected chi connectivity index (χ4v) is 3.24. The third-order valence-electron chi connectivity index (χ3n) is 4.53. The summed E-state index contributed by atoms with van der Waals surface area (Å²) in [5.41, 5.74) is 5.15. The summed E-state index contributed by atoms with van der Waals surface area (Å²) in [5, 5.41) is 0. The van der Waals surface area contributed by atoms with E-state index in [1.165, 1.54) is 5.56 Å². The number of fused-ring (bicyclic) bond motifs is 1. The van der Waals surface area contributed by atoms with Crippen molar-refractivity contribution < 1.29 is 4.79 Å². The number of amides is 1. The van der Waals surface area contributed by atoms with Gasteiger partial charge in [0.15, 0.2) is 0 Å². The molecule has 0 saturated carbocycles. The minimum Gasteiger partial charge on any atom is -0.330 e. The van der Waals surface area contributed by atoms with Gasteiger partial charge in [0.25, 0.3) is 5.91 Å². The van der Waals surface area contributed by atoms with Crippen LogP contribution in [0.5, 0.6) is 0 Å². The highest BCUT2D eigenvalue weighted by molar-refractivity contribution is 6.24. The normalized spacial score (nSPS) is 13.8. The molecule has 0 bridgehead atoms. The van der Waals surface area contributed by atoms with E-state index in [1.54, 1.807) is 0 Å². The van der Waals surface area contributed by atoms with Gasteiger partial charge in [0.05, 0.1) is 0 Å². The number of hydrogen-bond acceptors (Lipinski definition) is 1. The number of hydrogen-bond donors (Lipinski definition) is 0. The van der Waals surface area contributed by atoms with E-state index < -0.39 is 0 Å². The van der Waals surface area contributed by atoms with Crippen molar-refractivity contribution in [2.75, 3.05) is 0 Å². The van der Waals surface area contributed by atoms with Gasteiger partial charge in [-0.05, 0) is 28.3 Å². The summed E-state index contributed by atoms with van der Waals surface area (Å²) in [6, 6.07) is 28.3. The first-order chi connectivity index (χ1) is 12.3. The average Bonchev–Trinajstić information content (AvgIpc) is 2.80. The van der Waals surface area contributed by atoms with E-state index in [4.69, 9.17) is 0 Å². The van der Waals surface area contributed by atoms with Crippen LogP contribution in [0.15, 0.2) is 84.9 Å². The zero-order valence-corrected chi connectivity index (χ0v) is 13.9. The van der Waals surface area contributed by atoms with Crippen LogP contribution >= 0.6 is 0 Å². The largest absolute Gasteiger partial charge is 0.330 e. The van der Waals surface area contributed by atoms with E-state index in [1.807, 2.05) is 71.6 Å². The third-order valence-corrected chi connectivity index (χ3v) is 4.53. The average molecular weight is 325 g/mol. The van der Waals surface area contributed by atoms with E-state index in [9.17, 15) is 4.79 Å². The van der Waals surface area contributed by atoms with Gasteiger partial charge in [-0.25, -0.2) is 0 Å². The second-order valence-corrected chi connectivity index (χ2v) is 6.27. The summed E-state index contributed by atoms with van der Waals surface area (Å²) in [5.74, 6) is 0.0752. The lowest BCUT2D eigenvalue weighted by Crippen LogP contribution is -2.29. The van der Waals surface area contributed by atoms with Gasteiger partial charge in [-0.3, -0.25) is 4.79 Å². The van der Waals surface area contributed by atoms with Crippen molar-refractivity contribution in [3.8, 4) is 0 Å². The van der Waals surface area contributed by atoms with Crippen molar-refractivity contribution in [1.82, 2.24) is 4.90 Å². The van der Waals surface area contributed by atoms with Crippen LogP contribution < -0.4 is 0 Å². The van der Waals surface area contributed by atoms with E-state index in [0.717, 1.165) is 22.3 Å². The van der Waals surface area contributed by atoms with Gasteiger partial charge in [-0.2, -0.15) is 0 Å².